The molecule has 1 aliphatic carbocycles. The first kappa shape index (κ1) is 23.8. The lowest BCUT2D eigenvalue weighted by Gasteiger charge is -2.48. The van der Waals surface area contributed by atoms with Gasteiger partial charge < -0.3 is 10.4 Å². The molecule has 1 fully saturated rings. The van der Waals surface area contributed by atoms with Crippen LogP contribution in [0.5, 0.6) is 0 Å². The molecule has 1 aliphatic heterocycles. The number of aliphatic hydroxyl groups excluding tert-OH is 1. The highest BCUT2D eigenvalue weighted by Crippen LogP contribution is 2.31. The van der Waals surface area contributed by atoms with E-state index in [9.17, 15) is 18.3 Å². The molecule has 2 N–H and O–H groups in total. The Balaban J connectivity index is 1.63. The van der Waals surface area contributed by atoms with Crippen LogP contribution in [0.3, 0.4) is 0 Å². The van der Waals surface area contributed by atoms with E-state index in [0.29, 0.717) is 13.0 Å². The second kappa shape index (κ2) is 10.6. The quantitative estimate of drug-likeness (QED) is 0.612. The molecule has 1 aromatic heterocycles. The van der Waals surface area contributed by atoms with E-state index < -0.39 is 11.7 Å². The lowest BCUT2D eigenvalue weighted by atomic mass is 9.89. The van der Waals surface area contributed by atoms with Crippen molar-refractivity contribution in [2.45, 2.75) is 44.3 Å². The van der Waals surface area contributed by atoms with E-state index in [2.05, 4.69) is 45.3 Å². The first-order valence-electron chi connectivity index (χ1n) is 11.1. The Kier molecular flexibility index (Phi) is 8.13. The van der Waals surface area contributed by atoms with Crippen molar-refractivity contribution in [3.05, 3.63) is 47.7 Å². The zero-order valence-corrected chi connectivity index (χ0v) is 18.2. The molecule has 3 rings (SSSR count). The Morgan fingerprint density at radius 3 is 2.55 bits per heavy atom. The first-order chi connectivity index (χ1) is 14.9. The largest absolute Gasteiger partial charge is 0.416 e. The average molecular weight is 439 g/mol. The van der Waals surface area contributed by atoms with Gasteiger partial charge in [0.1, 0.15) is 5.82 Å². The van der Waals surface area contributed by atoms with Crippen LogP contribution in [0.4, 0.5) is 19.0 Å². The van der Waals surface area contributed by atoms with E-state index in [1.807, 2.05) is 0 Å². The van der Waals surface area contributed by atoms with Crippen molar-refractivity contribution in [1.29, 1.82) is 0 Å². The summed E-state index contributed by atoms with van der Waals surface area (Å²) >= 11 is 0. The number of nitrogens with zero attached hydrogens (tertiary/aromatic N) is 3. The highest BCUT2D eigenvalue weighted by Gasteiger charge is 2.37. The van der Waals surface area contributed by atoms with Crippen LogP contribution in [0.2, 0.25) is 0 Å². The fourth-order valence-electron chi connectivity index (χ4n) is 4.47. The number of piperazine rings is 1. The zero-order valence-electron chi connectivity index (χ0n) is 18.2. The number of hydrogen-bond donors (Lipinski definition) is 2. The Labute approximate surface area is 182 Å². The summed E-state index contributed by atoms with van der Waals surface area (Å²) < 4.78 is 39.0. The molecule has 2 heterocycles. The fraction of sp³-hybridized carbons (Fsp3) is 0.609. The standard InChI is InChI=1S/C23H33F3N4O/c1-2-22(9-15-31,18-28-21-16-20(8-10-27-21)23(24,25)26)30-13-11-29(12-14-30)17-19-6-4-3-5-7-19/h4,6-8,10,16,31H,2-3,5,9,11-15,17-18H2,1H3,(H,27,28). The molecule has 1 atom stereocenters. The van der Waals surface area contributed by atoms with Crippen LogP contribution in [-0.4, -0.2) is 71.3 Å². The molecule has 0 saturated carbocycles. The zero-order chi connectivity index (χ0) is 22.3. The van der Waals surface area contributed by atoms with E-state index in [4.69, 9.17) is 0 Å². The van der Waals surface area contributed by atoms with Gasteiger partial charge in [-0.15, -0.1) is 0 Å². The minimum absolute atomic E-state index is 0.0312. The number of nitrogens with one attached hydrogen (secondary N) is 1. The maximum Gasteiger partial charge on any atom is 0.416 e. The number of hydrogen-bond acceptors (Lipinski definition) is 5. The lowest BCUT2D eigenvalue weighted by Crippen LogP contribution is -2.60. The predicted molar refractivity (Wildman–Crippen MR) is 117 cm³/mol. The van der Waals surface area contributed by atoms with Gasteiger partial charge in [-0.25, -0.2) is 4.98 Å². The predicted octanol–water partition coefficient (Wildman–Crippen LogP) is 3.94. The Morgan fingerprint density at radius 1 is 1.16 bits per heavy atom. The molecule has 5 nitrogen and oxygen atoms in total. The number of anilines is 1. The van der Waals surface area contributed by atoms with Crippen molar-refractivity contribution < 1.29 is 18.3 Å². The average Bonchev–Trinajstić information content (AvgIpc) is 2.78. The SMILES string of the molecule is CCC(CCO)(CNc1cc(C(F)(F)F)ccn1)N1CCN(CC2=CCCC=C2)CC1. The van der Waals surface area contributed by atoms with Crippen molar-refractivity contribution in [2.75, 3.05) is 51.2 Å². The minimum atomic E-state index is -4.40. The highest BCUT2D eigenvalue weighted by atomic mass is 19.4. The van der Waals surface area contributed by atoms with Crippen LogP contribution in [0.15, 0.2) is 42.1 Å². The Bertz CT molecular complexity index is 772. The summed E-state index contributed by atoms with van der Waals surface area (Å²) in [5.74, 6) is 0.209. The first-order valence-corrected chi connectivity index (χ1v) is 11.1. The van der Waals surface area contributed by atoms with Gasteiger partial charge in [0.05, 0.1) is 5.56 Å². The molecule has 0 spiro atoms. The van der Waals surface area contributed by atoms with Gasteiger partial charge in [-0.3, -0.25) is 9.80 Å². The molecule has 31 heavy (non-hydrogen) atoms. The van der Waals surface area contributed by atoms with Gasteiger partial charge >= 0.3 is 6.18 Å². The molecule has 1 saturated heterocycles. The molecule has 0 aromatic carbocycles. The summed E-state index contributed by atoms with van der Waals surface area (Å²) in [4.78, 5) is 8.88. The summed E-state index contributed by atoms with van der Waals surface area (Å²) in [6.07, 6.45) is 7.09. The minimum Gasteiger partial charge on any atom is -0.396 e. The number of alkyl halides is 3. The van der Waals surface area contributed by atoms with Crippen LogP contribution in [0.25, 0.3) is 0 Å². The maximum absolute atomic E-state index is 13.0. The molecule has 8 heteroatoms. The van der Waals surface area contributed by atoms with E-state index in [1.54, 1.807) is 0 Å². The fourth-order valence-corrected chi connectivity index (χ4v) is 4.47. The maximum atomic E-state index is 13.0. The lowest BCUT2D eigenvalue weighted by molar-refractivity contribution is -0.137. The Hall–Kier alpha value is -1.90. The summed E-state index contributed by atoms with van der Waals surface area (Å²) in [5, 5.41) is 12.8. The van der Waals surface area contributed by atoms with Crippen LogP contribution in [0.1, 0.15) is 38.2 Å². The van der Waals surface area contributed by atoms with Gasteiger partial charge in [-0.2, -0.15) is 13.2 Å². The number of aromatic nitrogens is 1. The number of allylic oxidation sites excluding steroid dienone is 2. The number of pyridine rings is 1. The normalized spacial score (nSPS) is 20.4. The molecular weight excluding hydrogens is 405 g/mol. The number of halogens is 3. The van der Waals surface area contributed by atoms with E-state index >= 15 is 0 Å². The molecule has 0 radical (unpaired) electrons. The van der Waals surface area contributed by atoms with E-state index in [0.717, 1.165) is 64.1 Å². The molecule has 0 amide bonds. The van der Waals surface area contributed by atoms with Gasteiger partial charge in [0.15, 0.2) is 0 Å². The number of rotatable bonds is 9. The van der Waals surface area contributed by atoms with E-state index in [-0.39, 0.29) is 18.0 Å². The van der Waals surface area contributed by atoms with Gasteiger partial charge in [0.2, 0.25) is 0 Å². The Morgan fingerprint density at radius 2 is 1.94 bits per heavy atom. The van der Waals surface area contributed by atoms with Crippen LogP contribution >= 0.6 is 0 Å². The molecule has 172 valence electrons. The second-order valence-corrected chi connectivity index (χ2v) is 8.35. The molecular formula is C23H33F3N4O. The third-order valence-corrected chi connectivity index (χ3v) is 6.44. The monoisotopic (exact) mass is 438 g/mol. The second-order valence-electron chi connectivity index (χ2n) is 8.35. The van der Waals surface area contributed by atoms with Gasteiger partial charge in [-0.1, -0.05) is 25.2 Å². The van der Waals surface area contributed by atoms with Crippen molar-refractivity contribution in [3.63, 3.8) is 0 Å². The highest BCUT2D eigenvalue weighted by molar-refractivity contribution is 5.39. The molecule has 1 unspecified atom stereocenters. The van der Waals surface area contributed by atoms with Gasteiger partial charge in [-0.05, 0) is 43.4 Å². The van der Waals surface area contributed by atoms with Crippen molar-refractivity contribution >= 4 is 5.82 Å². The van der Waals surface area contributed by atoms with Gasteiger partial charge in [0, 0.05) is 57.6 Å². The molecule has 0 bridgehead atoms. The van der Waals surface area contributed by atoms with Gasteiger partial charge in [0.25, 0.3) is 0 Å². The molecule has 2 aliphatic rings. The number of aliphatic hydroxyl groups is 1. The molecule has 1 aromatic rings. The third-order valence-electron chi connectivity index (χ3n) is 6.44. The van der Waals surface area contributed by atoms with Crippen LogP contribution < -0.4 is 5.32 Å². The topological polar surface area (TPSA) is 51.6 Å². The summed E-state index contributed by atoms with van der Waals surface area (Å²) in [7, 11) is 0. The van der Waals surface area contributed by atoms with Crippen molar-refractivity contribution in [1.82, 2.24) is 14.8 Å². The smallest absolute Gasteiger partial charge is 0.396 e. The summed E-state index contributed by atoms with van der Waals surface area (Å²) in [5.41, 5.74) is 0.323. The van der Waals surface area contributed by atoms with Crippen molar-refractivity contribution in [3.8, 4) is 0 Å². The van der Waals surface area contributed by atoms with Crippen LogP contribution in [0, 0.1) is 0 Å². The van der Waals surface area contributed by atoms with Crippen LogP contribution in [-0.2, 0) is 6.18 Å². The van der Waals surface area contributed by atoms with Crippen molar-refractivity contribution in [2.24, 2.45) is 0 Å². The van der Waals surface area contributed by atoms with E-state index in [1.165, 1.54) is 11.8 Å². The summed E-state index contributed by atoms with van der Waals surface area (Å²) in [6.45, 7) is 7.08. The summed E-state index contributed by atoms with van der Waals surface area (Å²) in [6, 6.07) is 2.02. The third kappa shape index (κ3) is 6.30.